The monoisotopic (exact) mass is 365 g/mol. The van der Waals surface area contributed by atoms with E-state index in [9.17, 15) is 8.42 Å². The van der Waals surface area contributed by atoms with E-state index in [0.717, 1.165) is 11.1 Å². The molecule has 0 aromatic heterocycles. The van der Waals surface area contributed by atoms with Crippen molar-refractivity contribution in [1.82, 2.24) is 0 Å². The van der Waals surface area contributed by atoms with E-state index < -0.39 is 10.0 Å². The minimum absolute atomic E-state index is 0.0421. The molecule has 0 spiro atoms. The Balaban J connectivity index is 2.07. The van der Waals surface area contributed by atoms with Crippen molar-refractivity contribution in [3.63, 3.8) is 0 Å². The minimum Gasteiger partial charge on any atom is -0.437 e. The van der Waals surface area contributed by atoms with E-state index in [1.807, 2.05) is 50.2 Å². The molecule has 0 radical (unpaired) electrons. The predicted octanol–water partition coefficient (Wildman–Crippen LogP) is 4.52. The highest BCUT2D eigenvalue weighted by molar-refractivity contribution is 7.90. The van der Waals surface area contributed by atoms with Crippen LogP contribution in [0.1, 0.15) is 16.7 Å². The van der Waals surface area contributed by atoms with Gasteiger partial charge in [-0.15, -0.1) is 4.40 Å². The Bertz CT molecular complexity index is 1020. The normalized spacial score (nSPS) is 12.0. The van der Waals surface area contributed by atoms with E-state index >= 15 is 0 Å². The van der Waals surface area contributed by atoms with Gasteiger partial charge < -0.3 is 4.74 Å². The second-order valence-electron chi connectivity index (χ2n) is 5.92. The zero-order chi connectivity index (χ0) is 18.6. The van der Waals surface area contributed by atoms with Gasteiger partial charge >= 0.3 is 0 Å². The molecular weight excluding hydrogens is 346 g/mol. The first kappa shape index (κ1) is 17.9. The van der Waals surface area contributed by atoms with Crippen molar-refractivity contribution in [3.05, 3.63) is 95.6 Å². The number of nitrogens with zero attached hydrogens (tertiary/aromatic N) is 1. The molecule has 0 bridgehead atoms. The quantitative estimate of drug-likeness (QED) is 0.505. The molecule has 3 rings (SSSR count). The van der Waals surface area contributed by atoms with E-state index in [-0.39, 0.29) is 10.8 Å². The molecule has 132 valence electrons. The average Bonchev–Trinajstić information content (AvgIpc) is 2.64. The van der Waals surface area contributed by atoms with Crippen LogP contribution in [0.4, 0.5) is 0 Å². The van der Waals surface area contributed by atoms with E-state index in [0.29, 0.717) is 11.3 Å². The zero-order valence-electron chi connectivity index (χ0n) is 14.6. The first-order chi connectivity index (χ1) is 12.5. The van der Waals surface area contributed by atoms with Crippen molar-refractivity contribution in [1.29, 1.82) is 0 Å². The molecule has 0 N–H and O–H groups in total. The van der Waals surface area contributed by atoms with Crippen LogP contribution in [0.15, 0.2) is 88.2 Å². The number of para-hydroxylation sites is 1. The lowest BCUT2D eigenvalue weighted by Gasteiger charge is -2.11. The summed E-state index contributed by atoms with van der Waals surface area (Å²) >= 11 is 0. The summed E-state index contributed by atoms with van der Waals surface area (Å²) in [6.07, 6.45) is 0. The Hall–Kier alpha value is -2.92. The minimum atomic E-state index is -3.89. The first-order valence-corrected chi connectivity index (χ1v) is 9.60. The summed E-state index contributed by atoms with van der Waals surface area (Å²) in [7, 11) is -3.89. The van der Waals surface area contributed by atoms with Crippen LogP contribution >= 0.6 is 0 Å². The van der Waals surface area contributed by atoms with Crippen molar-refractivity contribution in [2.45, 2.75) is 18.7 Å². The molecule has 0 saturated carbocycles. The Morgan fingerprint density at radius 3 is 2.08 bits per heavy atom. The summed E-state index contributed by atoms with van der Waals surface area (Å²) in [5.41, 5.74) is 2.46. The molecule has 3 aromatic rings. The van der Waals surface area contributed by atoms with Gasteiger partial charge in [-0.25, -0.2) is 0 Å². The van der Waals surface area contributed by atoms with E-state index in [1.165, 1.54) is 0 Å². The number of benzene rings is 3. The molecule has 4 nitrogen and oxygen atoms in total. The van der Waals surface area contributed by atoms with Crippen LogP contribution in [-0.4, -0.2) is 14.3 Å². The largest absolute Gasteiger partial charge is 0.437 e. The van der Waals surface area contributed by atoms with Crippen molar-refractivity contribution < 1.29 is 13.2 Å². The molecule has 3 aromatic carbocycles. The van der Waals surface area contributed by atoms with Crippen molar-refractivity contribution >= 4 is 15.9 Å². The van der Waals surface area contributed by atoms with Gasteiger partial charge in [0.25, 0.3) is 10.0 Å². The van der Waals surface area contributed by atoms with Crippen molar-refractivity contribution in [2.24, 2.45) is 4.40 Å². The molecule has 0 aliphatic heterocycles. The Morgan fingerprint density at radius 1 is 0.808 bits per heavy atom. The molecule has 0 atom stereocenters. The summed E-state index contributed by atoms with van der Waals surface area (Å²) in [6, 6.07) is 23.0. The number of hydrogen-bond acceptors (Lipinski definition) is 3. The number of ether oxygens (including phenoxy) is 1. The molecular formula is C21H19NO3S. The van der Waals surface area contributed by atoms with Gasteiger partial charge in [0.2, 0.25) is 5.90 Å². The second-order valence-corrected chi connectivity index (χ2v) is 7.52. The van der Waals surface area contributed by atoms with Gasteiger partial charge in [-0.1, -0.05) is 54.1 Å². The molecule has 0 unspecified atom stereocenters. The maximum Gasteiger partial charge on any atom is 0.285 e. The predicted molar refractivity (Wildman–Crippen MR) is 103 cm³/mol. The number of aryl methyl sites for hydroxylation is 2. The second kappa shape index (κ2) is 7.54. The topological polar surface area (TPSA) is 55.7 Å². The summed E-state index contributed by atoms with van der Waals surface area (Å²) in [6.45, 7) is 3.79. The van der Waals surface area contributed by atoms with Crippen LogP contribution in [0.25, 0.3) is 0 Å². The summed E-state index contributed by atoms with van der Waals surface area (Å²) < 4.78 is 35.3. The molecule has 0 heterocycles. The van der Waals surface area contributed by atoms with Crippen LogP contribution in [-0.2, 0) is 10.0 Å². The molecule has 0 saturated heterocycles. The number of hydrogen-bond donors (Lipinski definition) is 0. The van der Waals surface area contributed by atoms with Gasteiger partial charge in [-0.05, 0) is 49.7 Å². The lowest BCUT2D eigenvalue weighted by Crippen LogP contribution is -2.14. The first-order valence-electron chi connectivity index (χ1n) is 8.16. The highest BCUT2D eigenvalue weighted by Crippen LogP contribution is 2.20. The fourth-order valence-electron chi connectivity index (χ4n) is 2.36. The van der Waals surface area contributed by atoms with Crippen LogP contribution in [0.2, 0.25) is 0 Å². The van der Waals surface area contributed by atoms with Gasteiger partial charge in [0.15, 0.2) is 0 Å². The van der Waals surface area contributed by atoms with Crippen LogP contribution < -0.4 is 4.74 Å². The van der Waals surface area contributed by atoms with Crippen molar-refractivity contribution in [2.75, 3.05) is 0 Å². The van der Waals surface area contributed by atoms with E-state index in [4.69, 9.17) is 4.74 Å². The lowest BCUT2D eigenvalue weighted by atomic mass is 10.2. The number of sulfonamides is 1. The smallest absolute Gasteiger partial charge is 0.285 e. The zero-order valence-corrected chi connectivity index (χ0v) is 15.4. The van der Waals surface area contributed by atoms with Gasteiger partial charge in [0, 0.05) is 5.56 Å². The Labute approximate surface area is 153 Å². The van der Waals surface area contributed by atoms with Crippen molar-refractivity contribution in [3.8, 4) is 5.75 Å². The van der Waals surface area contributed by atoms with E-state index in [2.05, 4.69) is 4.40 Å². The summed E-state index contributed by atoms with van der Waals surface area (Å²) in [5.74, 6) is 0.606. The van der Waals surface area contributed by atoms with Gasteiger partial charge in [-0.3, -0.25) is 0 Å². The third-order valence-electron chi connectivity index (χ3n) is 3.84. The van der Waals surface area contributed by atoms with Gasteiger partial charge in [0.05, 0.1) is 4.90 Å². The third kappa shape index (κ3) is 4.18. The highest BCUT2D eigenvalue weighted by atomic mass is 32.2. The van der Waals surface area contributed by atoms with Crippen LogP contribution in [0.5, 0.6) is 5.75 Å². The molecule has 0 aliphatic carbocycles. The molecule has 5 heteroatoms. The maximum atomic E-state index is 12.7. The SMILES string of the molecule is Cc1ccc(S(=O)(=O)N=C(Oc2ccccc2C)c2ccccc2)cc1. The maximum absolute atomic E-state index is 12.7. The standard InChI is InChI=1S/C21H19NO3S/c1-16-12-14-19(15-13-16)26(23,24)22-21(18-9-4-3-5-10-18)25-20-11-7-6-8-17(20)2/h3-15H,1-2H3. The van der Waals surface area contributed by atoms with Crippen LogP contribution in [0.3, 0.4) is 0 Å². The molecule has 26 heavy (non-hydrogen) atoms. The van der Waals surface area contributed by atoms with E-state index in [1.54, 1.807) is 42.5 Å². The summed E-state index contributed by atoms with van der Waals surface area (Å²) in [4.78, 5) is 0.130. The van der Waals surface area contributed by atoms with Crippen LogP contribution in [0, 0.1) is 13.8 Å². The highest BCUT2D eigenvalue weighted by Gasteiger charge is 2.17. The fourth-order valence-corrected chi connectivity index (χ4v) is 3.30. The average molecular weight is 365 g/mol. The Kier molecular flexibility index (Phi) is 5.19. The third-order valence-corrected chi connectivity index (χ3v) is 5.12. The molecule has 0 amide bonds. The van der Waals surface area contributed by atoms with Gasteiger partial charge in [-0.2, -0.15) is 8.42 Å². The molecule has 0 aliphatic rings. The fraction of sp³-hybridized carbons (Fsp3) is 0.0952. The molecule has 0 fully saturated rings. The Morgan fingerprint density at radius 2 is 1.42 bits per heavy atom. The lowest BCUT2D eigenvalue weighted by molar-refractivity contribution is 0.546. The number of rotatable bonds is 4. The summed E-state index contributed by atoms with van der Waals surface area (Å²) in [5, 5.41) is 0. The van der Waals surface area contributed by atoms with Gasteiger partial charge in [0.1, 0.15) is 5.75 Å².